The van der Waals surface area contributed by atoms with Crippen molar-refractivity contribution in [3.8, 4) is 0 Å². The van der Waals surface area contributed by atoms with E-state index in [1.807, 2.05) is 6.92 Å². The molecule has 0 aromatic rings. The average molecular weight is 416 g/mol. The van der Waals surface area contributed by atoms with Crippen molar-refractivity contribution in [3.63, 3.8) is 0 Å². The highest BCUT2D eigenvalue weighted by molar-refractivity contribution is 5.86. The number of hydrogen-bond acceptors (Lipinski definition) is 4. The molecule has 7 atom stereocenters. The molecule has 0 saturated heterocycles. The van der Waals surface area contributed by atoms with Crippen molar-refractivity contribution in [3.05, 3.63) is 11.6 Å². The van der Waals surface area contributed by atoms with Crippen molar-refractivity contribution in [2.75, 3.05) is 6.54 Å². The number of hydrogen-bond donors (Lipinski definition) is 1. The molecule has 1 amide bonds. The Labute approximate surface area is 180 Å². The molecule has 0 radical (unpaired) electrons. The minimum Gasteiger partial charge on any atom is -0.462 e. The molecule has 1 N–H and O–H groups in total. The van der Waals surface area contributed by atoms with Crippen LogP contribution in [0.3, 0.4) is 0 Å². The van der Waals surface area contributed by atoms with Gasteiger partial charge in [-0.3, -0.25) is 14.4 Å². The van der Waals surface area contributed by atoms with E-state index in [4.69, 9.17) is 4.74 Å². The van der Waals surface area contributed by atoms with Gasteiger partial charge in [0.15, 0.2) is 0 Å². The van der Waals surface area contributed by atoms with Gasteiger partial charge in [0.25, 0.3) is 0 Å². The highest BCUT2D eigenvalue weighted by Gasteiger charge is 2.61. The largest absolute Gasteiger partial charge is 0.462 e. The second-order valence-corrected chi connectivity index (χ2v) is 10.7. The summed E-state index contributed by atoms with van der Waals surface area (Å²) in [6, 6.07) is 0. The first-order valence-electron chi connectivity index (χ1n) is 11.8. The molecule has 30 heavy (non-hydrogen) atoms. The van der Waals surface area contributed by atoms with Gasteiger partial charge in [-0.1, -0.05) is 32.4 Å². The van der Waals surface area contributed by atoms with Crippen LogP contribution in [0, 0.1) is 34.5 Å². The number of carbonyl (C=O) groups excluding carboxylic acids is 3. The van der Waals surface area contributed by atoms with E-state index in [2.05, 4.69) is 25.2 Å². The van der Waals surface area contributed by atoms with Gasteiger partial charge in [-0.05, 0) is 60.7 Å². The van der Waals surface area contributed by atoms with Crippen molar-refractivity contribution in [1.29, 1.82) is 0 Å². The lowest BCUT2D eigenvalue weighted by Gasteiger charge is -2.57. The standard InChI is InChI=1S/C25H37NO4/c1-5-23(29)26-14-21-22(28)13-20-18-7-6-16-12-17(30-15(2)27)8-10-24(16,3)19(18)9-11-25(20,21)4/h6,17-21H,5,7-14H2,1-4H3,(H,26,29)/t17-,18+,19-,20-,21?,24-,25-/m0/s1. The first kappa shape index (κ1) is 21.6. The van der Waals surface area contributed by atoms with Crippen molar-refractivity contribution < 1.29 is 19.1 Å². The lowest BCUT2D eigenvalue weighted by molar-refractivity contribution is -0.148. The maximum atomic E-state index is 13.0. The summed E-state index contributed by atoms with van der Waals surface area (Å²) >= 11 is 0. The number of ketones is 1. The molecule has 4 aliphatic rings. The third-order valence-corrected chi connectivity index (χ3v) is 9.26. The Hall–Kier alpha value is -1.65. The third-order valence-electron chi connectivity index (χ3n) is 9.26. The molecule has 3 saturated carbocycles. The van der Waals surface area contributed by atoms with E-state index in [0.29, 0.717) is 42.9 Å². The van der Waals surface area contributed by atoms with E-state index in [-0.39, 0.29) is 34.7 Å². The van der Waals surface area contributed by atoms with E-state index < -0.39 is 0 Å². The molecule has 3 fully saturated rings. The molecule has 5 nitrogen and oxygen atoms in total. The van der Waals surface area contributed by atoms with E-state index in [0.717, 1.165) is 38.5 Å². The van der Waals surface area contributed by atoms with Crippen LogP contribution in [0.15, 0.2) is 11.6 Å². The summed E-state index contributed by atoms with van der Waals surface area (Å²) < 4.78 is 5.53. The van der Waals surface area contributed by atoms with E-state index in [9.17, 15) is 14.4 Å². The molecule has 0 aromatic carbocycles. The Morgan fingerprint density at radius 2 is 1.93 bits per heavy atom. The molecule has 0 aliphatic heterocycles. The highest BCUT2D eigenvalue weighted by Crippen LogP contribution is 2.65. The predicted molar refractivity (Wildman–Crippen MR) is 114 cm³/mol. The van der Waals surface area contributed by atoms with Crippen molar-refractivity contribution in [2.45, 2.75) is 85.2 Å². The van der Waals surface area contributed by atoms with Crippen LogP contribution in [0.1, 0.15) is 79.1 Å². The Balaban J connectivity index is 1.54. The molecule has 166 valence electrons. The van der Waals surface area contributed by atoms with Crippen LogP contribution in [0.5, 0.6) is 0 Å². The first-order chi connectivity index (χ1) is 14.2. The normalized spacial score (nSPS) is 42.5. The van der Waals surface area contributed by atoms with Gasteiger partial charge < -0.3 is 10.1 Å². The number of allylic oxidation sites excluding steroid dienone is 1. The molecule has 0 heterocycles. The number of amides is 1. The van der Waals surface area contributed by atoms with Gasteiger partial charge in [0.05, 0.1) is 0 Å². The number of fused-ring (bicyclic) bond motifs is 5. The summed E-state index contributed by atoms with van der Waals surface area (Å²) in [5, 5.41) is 2.99. The van der Waals surface area contributed by atoms with Crippen LogP contribution in [0.25, 0.3) is 0 Å². The first-order valence-corrected chi connectivity index (χ1v) is 11.8. The van der Waals surface area contributed by atoms with Crippen molar-refractivity contribution >= 4 is 17.7 Å². The topological polar surface area (TPSA) is 72.5 Å². The van der Waals surface area contributed by atoms with E-state index in [1.165, 1.54) is 12.5 Å². The smallest absolute Gasteiger partial charge is 0.302 e. The molecular formula is C25H37NO4. The fraction of sp³-hybridized carbons (Fsp3) is 0.800. The quantitative estimate of drug-likeness (QED) is 0.552. The van der Waals surface area contributed by atoms with Gasteiger partial charge in [0.2, 0.25) is 5.91 Å². The fourth-order valence-electron chi connectivity index (χ4n) is 7.54. The molecular weight excluding hydrogens is 378 g/mol. The zero-order chi connectivity index (χ0) is 21.7. The number of ether oxygens (including phenoxy) is 1. The van der Waals surface area contributed by atoms with Crippen LogP contribution in [-0.2, 0) is 19.1 Å². The molecule has 1 unspecified atom stereocenters. The van der Waals surface area contributed by atoms with Gasteiger partial charge in [-0.2, -0.15) is 0 Å². The van der Waals surface area contributed by atoms with Crippen LogP contribution in [-0.4, -0.2) is 30.3 Å². The van der Waals surface area contributed by atoms with E-state index in [1.54, 1.807) is 0 Å². The minimum absolute atomic E-state index is 0.00405. The van der Waals surface area contributed by atoms with Gasteiger partial charge in [0.1, 0.15) is 11.9 Å². The molecule has 5 heteroatoms. The zero-order valence-corrected chi connectivity index (χ0v) is 19.0. The number of carbonyl (C=O) groups is 3. The predicted octanol–water partition coefficient (Wildman–Crippen LogP) is 4.20. The Morgan fingerprint density at radius 1 is 1.17 bits per heavy atom. The number of rotatable bonds is 4. The summed E-state index contributed by atoms with van der Waals surface area (Å²) in [5.41, 5.74) is 1.63. The lowest BCUT2D eigenvalue weighted by Crippen LogP contribution is -2.51. The second kappa shape index (κ2) is 7.80. The monoisotopic (exact) mass is 415 g/mol. The Kier molecular flexibility index (Phi) is 5.61. The van der Waals surface area contributed by atoms with Gasteiger partial charge in [-0.25, -0.2) is 0 Å². The van der Waals surface area contributed by atoms with Crippen LogP contribution in [0.2, 0.25) is 0 Å². The summed E-state index contributed by atoms with van der Waals surface area (Å²) in [4.78, 5) is 36.2. The maximum absolute atomic E-state index is 13.0. The summed E-state index contributed by atoms with van der Waals surface area (Å²) in [5.74, 6) is 1.70. The maximum Gasteiger partial charge on any atom is 0.302 e. The molecule has 4 aliphatic carbocycles. The fourth-order valence-corrected chi connectivity index (χ4v) is 7.54. The van der Waals surface area contributed by atoms with Crippen LogP contribution >= 0.6 is 0 Å². The van der Waals surface area contributed by atoms with Gasteiger partial charge in [-0.15, -0.1) is 0 Å². The second-order valence-electron chi connectivity index (χ2n) is 10.7. The van der Waals surface area contributed by atoms with E-state index >= 15 is 0 Å². The third kappa shape index (κ3) is 3.42. The number of nitrogens with one attached hydrogen (secondary N) is 1. The van der Waals surface area contributed by atoms with Gasteiger partial charge >= 0.3 is 5.97 Å². The molecule has 0 bridgehead atoms. The summed E-state index contributed by atoms with van der Waals surface area (Å²) in [6.07, 6.45) is 9.67. The van der Waals surface area contributed by atoms with Gasteiger partial charge in [0, 0.05) is 38.6 Å². The molecule has 0 aromatic heterocycles. The highest BCUT2D eigenvalue weighted by atomic mass is 16.5. The summed E-state index contributed by atoms with van der Waals surface area (Å²) in [7, 11) is 0. The summed E-state index contributed by atoms with van der Waals surface area (Å²) in [6.45, 7) is 8.57. The molecule has 4 rings (SSSR count). The number of esters is 1. The Bertz CT molecular complexity index is 773. The SMILES string of the molecule is CCC(=O)NCC1C(=O)C[C@H]2[C@@H]3CC=C4C[C@@H](OC(C)=O)CC[C@]4(C)[C@H]3CC[C@]12C. The Morgan fingerprint density at radius 3 is 2.63 bits per heavy atom. The number of Topliss-reactive ketones (excluding diaryl/α,β-unsaturated/α-hetero) is 1. The molecule has 0 spiro atoms. The average Bonchev–Trinajstić information content (AvgIpc) is 2.95. The lowest BCUT2D eigenvalue weighted by atomic mass is 9.47. The minimum atomic E-state index is -0.183. The zero-order valence-electron chi connectivity index (χ0n) is 19.0. The van der Waals surface area contributed by atoms with Crippen molar-refractivity contribution in [2.24, 2.45) is 34.5 Å². The van der Waals surface area contributed by atoms with Crippen LogP contribution < -0.4 is 5.32 Å². The van der Waals surface area contributed by atoms with Crippen LogP contribution in [0.4, 0.5) is 0 Å². The van der Waals surface area contributed by atoms with Crippen molar-refractivity contribution in [1.82, 2.24) is 5.32 Å².